The first-order valence-corrected chi connectivity index (χ1v) is 8.30. The molecular formula is C14H20N4OS. The molecular weight excluding hydrogens is 272 g/mol. The number of carbonyl (C=O) groups is 1. The molecule has 0 bridgehead atoms. The van der Waals surface area contributed by atoms with Crippen LogP contribution in [0.2, 0.25) is 0 Å². The van der Waals surface area contributed by atoms with Gasteiger partial charge in [-0.2, -0.15) is 0 Å². The molecule has 3 fully saturated rings. The smallest absolute Gasteiger partial charge is 0.275 e. The monoisotopic (exact) mass is 292 g/mol. The van der Waals surface area contributed by atoms with Gasteiger partial charge in [-0.15, -0.1) is 5.10 Å². The highest BCUT2D eigenvalue weighted by atomic mass is 32.1. The Bertz CT molecular complexity index is 541. The van der Waals surface area contributed by atoms with E-state index in [1.807, 2.05) is 4.90 Å². The van der Waals surface area contributed by atoms with E-state index in [9.17, 15) is 4.79 Å². The molecule has 2 saturated heterocycles. The summed E-state index contributed by atoms with van der Waals surface area (Å²) in [5, 5.41) is 4.13. The molecule has 1 spiro atoms. The molecule has 5 nitrogen and oxygen atoms in total. The maximum Gasteiger partial charge on any atom is 0.275 e. The minimum absolute atomic E-state index is 0.111. The van der Waals surface area contributed by atoms with Gasteiger partial charge in [0.25, 0.3) is 5.91 Å². The predicted molar refractivity (Wildman–Crippen MR) is 77.0 cm³/mol. The molecule has 0 radical (unpaired) electrons. The predicted octanol–water partition coefficient (Wildman–Crippen LogP) is 1.73. The van der Waals surface area contributed by atoms with E-state index in [4.69, 9.17) is 0 Å². The number of rotatable bonds is 2. The van der Waals surface area contributed by atoms with Gasteiger partial charge < -0.3 is 4.90 Å². The van der Waals surface area contributed by atoms with E-state index in [0.717, 1.165) is 30.9 Å². The molecule has 0 aromatic carbocycles. The summed E-state index contributed by atoms with van der Waals surface area (Å²) in [4.78, 5) is 18.3. The highest BCUT2D eigenvalue weighted by Gasteiger charge is 2.46. The van der Waals surface area contributed by atoms with Crippen LogP contribution < -0.4 is 0 Å². The van der Waals surface area contributed by atoms with E-state index < -0.39 is 0 Å². The summed E-state index contributed by atoms with van der Waals surface area (Å²) in [6, 6.07) is 0. The fraction of sp³-hybridized carbons (Fsp3) is 0.786. The number of likely N-dealkylation sites (tertiary alicyclic amines) is 2. The van der Waals surface area contributed by atoms with Crippen LogP contribution in [0.3, 0.4) is 0 Å². The molecule has 1 aromatic rings. The zero-order valence-electron chi connectivity index (χ0n) is 11.8. The average molecular weight is 292 g/mol. The van der Waals surface area contributed by atoms with Crippen molar-refractivity contribution in [2.75, 3.05) is 26.7 Å². The van der Waals surface area contributed by atoms with Crippen molar-refractivity contribution >= 4 is 17.4 Å². The zero-order valence-corrected chi connectivity index (χ0v) is 12.7. The summed E-state index contributed by atoms with van der Waals surface area (Å²) in [6.45, 7) is 2.90. The Balaban J connectivity index is 1.54. The van der Waals surface area contributed by atoms with E-state index in [0.29, 0.717) is 11.6 Å². The van der Waals surface area contributed by atoms with Crippen molar-refractivity contribution in [2.45, 2.75) is 43.6 Å². The van der Waals surface area contributed by atoms with Crippen molar-refractivity contribution in [1.82, 2.24) is 19.4 Å². The molecule has 3 heterocycles. The minimum Gasteiger partial charge on any atom is -0.335 e. The number of hydrogen-bond acceptors (Lipinski definition) is 5. The van der Waals surface area contributed by atoms with Crippen LogP contribution in [-0.4, -0.2) is 57.5 Å². The third kappa shape index (κ3) is 1.89. The number of hydrogen-bond donors (Lipinski definition) is 0. The summed E-state index contributed by atoms with van der Waals surface area (Å²) in [5.74, 6) is 0.666. The lowest BCUT2D eigenvalue weighted by Crippen LogP contribution is -2.66. The number of likely N-dealkylation sites (N-methyl/N-ethyl adjacent to an activating group) is 1. The summed E-state index contributed by atoms with van der Waals surface area (Å²) < 4.78 is 4.02. The van der Waals surface area contributed by atoms with Crippen molar-refractivity contribution < 1.29 is 4.79 Å². The van der Waals surface area contributed by atoms with Gasteiger partial charge in [-0.05, 0) is 56.6 Å². The lowest BCUT2D eigenvalue weighted by atomic mass is 9.78. The van der Waals surface area contributed by atoms with Crippen molar-refractivity contribution in [3.05, 3.63) is 10.6 Å². The van der Waals surface area contributed by atoms with Crippen LogP contribution in [0.25, 0.3) is 0 Å². The Morgan fingerprint density at radius 3 is 2.85 bits per heavy atom. The first-order valence-electron chi connectivity index (χ1n) is 7.52. The Hall–Kier alpha value is -1.01. The SMILES string of the molecule is CN1CC[C@@]12CCCN(C(=O)c1nnsc1C1CC1)C2. The van der Waals surface area contributed by atoms with Gasteiger partial charge in [0.05, 0.1) is 4.88 Å². The fourth-order valence-corrected chi connectivity index (χ4v) is 4.37. The van der Waals surface area contributed by atoms with Gasteiger partial charge in [0.1, 0.15) is 0 Å². The molecule has 1 aliphatic carbocycles. The highest BCUT2D eigenvalue weighted by Crippen LogP contribution is 2.43. The van der Waals surface area contributed by atoms with Gasteiger partial charge in [0.2, 0.25) is 0 Å². The number of aromatic nitrogens is 2. The lowest BCUT2D eigenvalue weighted by Gasteiger charge is -2.55. The molecule has 0 unspecified atom stereocenters. The van der Waals surface area contributed by atoms with E-state index in [1.54, 1.807) is 0 Å². The maximum absolute atomic E-state index is 12.8. The van der Waals surface area contributed by atoms with Gasteiger partial charge in [0.15, 0.2) is 5.69 Å². The quantitative estimate of drug-likeness (QED) is 0.833. The molecule has 1 saturated carbocycles. The maximum atomic E-state index is 12.8. The minimum atomic E-state index is 0.111. The third-order valence-electron chi connectivity index (χ3n) is 5.23. The largest absolute Gasteiger partial charge is 0.335 e. The molecule has 0 N–H and O–H groups in total. The standard InChI is InChI=1S/C14H20N4OS/c1-17-8-6-14(17)5-2-7-18(9-14)13(19)11-12(10-3-4-10)20-16-15-11/h10H,2-9H2,1H3/t14-/m1/s1. The van der Waals surface area contributed by atoms with Crippen LogP contribution in [0.15, 0.2) is 0 Å². The molecule has 108 valence electrons. The number of carbonyl (C=O) groups excluding carboxylic acids is 1. The summed E-state index contributed by atoms with van der Waals surface area (Å²) in [7, 11) is 2.18. The molecule has 1 atom stereocenters. The summed E-state index contributed by atoms with van der Waals surface area (Å²) in [6.07, 6.45) is 5.93. The molecule has 1 aromatic heterocycles. The summed E-state index contributed by atoms with van der Waals surface area (Å²) in [5.41, 5.74) is 0.883. The average Bonchev–Trinajstić information content (AvgIpc) is 3.22. The van der Waals surface area contributed by atoms with Crippen molar-refractivity contribution in [3.63, 3.8) is 0 Å². The first-order chi connectivity index (χ1) is 9.70. The second-order valence-electron chi connectivity index (χ2n) is 6.49. The van der Waals surface area contributed by atoms with Crippen LogP contribution >= 0.6 is 11.5 Å². The van der Waals surface area contributed by atoms with Crippen LogP contribution in [0.4, 0.5) is 0 Å². The van der Waals surface area contributed by atoms with E-state index >= 15 is 0 Å². The normalized spacial score (nSPS) is 30.6. The van der Waals surface area contributed by atoms with Crippen molar-refractivity contribution in [3.8, 4) is 0 Å². The van der Waals surface area contributed by atoms with E-state index in [1.165, 1.54) is 37.2 Å². The first kappa shape index (κ1) is 12.7. The number of piperidine rings is 1. The topological polar surface area (TPSA) is 49.3 Å². The van der Waals surface area contributed by atoms with Crippen LogP contribution in [0.5, 0.6) is 0 Å². The van der Waals surface area contributed by atoms with Gasteiger partial charge in [-0.25, -0.2) is 0 Å². The van der Waals surface area contributed by atoms with Gasteiger partial charge in [-0.3, -0.25) is 9.69 Å². The molecule has 2 aliphatic heterocycles. The summed E-state index contributed by atoms with van der Waals surface area (Å²) >= 11 is 1.41. The van der Waals surface area contributed by atoms with Crippen LogP contribution in [-0.2, 0) is 0 Å². The van der Waals surface area contributed by atoms with Gasteiger partial charge in [-0.1, -0.05) is 4.49 Å². The van der Waals surface area contributed by atoms with Crippen molar-refractivity contribution in [1.29, 1.82) is 0 Å². The zero-order chi connectivity index (χ0) is 13.7. The van der Waals surface area contributed by atoms with Crippen LogP contribution in [0, 0.1) is 0 Å². The Morgan fingerprint density at radius 1 is 1.35 bits per heavy atom. The lowest BCUT2D eigenvalue weighted by molar-refractivity contribution is -0.0410. The molecule has 20 heavy (non-hydrogen) atoms. The Kier molecular flexibility index (Phi) is 2.86. The Morgan fingerprint density at radius 2 is 2.20 bits per heavy atom. The number of nitrogens with zero attached hydrogens (tertiary/aromatic N) is 4. The van der Waals surface area contributed by atoms with E-state index in [2.05, 4.69) is 21.5 Å². The van der Waals surface area contributed by atoms with E-state index in [-0.39, 0.29) is 11.4 Å². The van der Waals surface area contributed by atoms with Gasteiger partial charge in [0, 0.05) is 25.2 Å². The molecule has 1 amide bonds. The second kappa shape index (κ2) is 4.49. The second-order valence-corrected chi connectivity index (χ2v) is 7.27. The van der Waals surface area contributed by atoms with Crippen molar-refractivity contribution in [2.24, 2.45) is 0 Å². The fourth-order valence-electron chi connectivity index (χ4n) is 3.56. The molecule has 6 heteroatoms. The highest BCUT2D eigenvalue weighted by molar-refractivity contribution is 7.06. The van der Waals surface area contributed by atoms with Gasteiger partial charge >= 0.3 is 0 Å². The van der Waals surface area contributed by atoms with Crippen LogP contribution in [0.1, 0.15) is 53.4 Å². The molecule has 4 rings (SSSR count). The molecule has 3 aliphatic rings. The third-order valence-corrected chi connectivity index (χ3v) is 6.12. The number of amides is 1. The Labute approximate surface area is 123 Å².